The van der Waals surface area contributed by atoms with Gasteiger partial charge in [0.1, 0.15) is 10.7 Å². The number of primary sulfonamides is 1. The molecule has 1 aliphatic carbocycles. The predicted molar refractivity (Wildman–Crippen MR) is 125 cm³/mol. The van der Waals surface area contributed by atoms with Crippen molar-refractivity contribution in [1.82, 2.24) is 14.2 Å². The molecule has 2 aliphatic heterocycles. The number of piperidine rings is 1. The molecule has 184 valence electrons. The fraction of sp³-hybridized carbons (Fsp3) is 0.714. The Hall–Kier alpha value is -1.76. The van der Waals surface area contributed by atoms with Crippen LogP contribution >= 0.6 is 0 Å². The van der Waals surface area contributed by atoms with E-state index >= 15 is 0 Å². The van der Waals surface area contributed by atoms with Crippen LogP contribution in [0.3, 0.4) is 0 Å². The van der Waals surface area contributed by atoms with Gasteiger partial charge in [0, 0.05) is 51.4 Å². The first-order chi connectivity index (χ1) is 15.6. The Labute approximate surface area is 196 Å². The number of pyridine rings is 1. The van der Waals surface area contributed by atoms with Crippen LogP contribution in [0, 0.1) is 12.8 Å². The Morgan fingerprint density at radius 3 is 2.27 bits per heavy atom. The van der Waals surface area contributed by atoms with Gasteiger partial charge in [0.15, 0.2) is 0 Å². The third kappa shape index (κ3) is 5.18. The first kappa shape index (κ1) is 24.4. The zero-order chi connectivity index (χ0) is 23.8. The zero-order valence-corrected chi connectivity index (χ0v) is 20.7. The van der Waals surface area contributed by atoms with Gasteiger partial charge in [-0.25, -0.2) is 27.0 Å². The van der Waals surface area contributed by atoms with E-state index in [1.54, 1.807) is 17.9 Å². The van der Waals surface area contributed by atoms with Crippen molar-refractivity contribution in [2.24, 2.45) is 11.1 Å². The van der Waals surface area contributed by atoms with Gasteiger partial charge in [-0.3, -0.25) is 4.79 Å². The Balaban J connectivity index is 1.44. The number of piperazine rings is 1. The predicted octanol–water partition coefficient (Wildman–Crippen LogP) is 0.670. The number of amides is 1. The highest BCUT2D eigenvalue weighted by Crippen LogP contribution is 2.29. The summed E-state index contributed by atoms with van der Waals surface area (Å²) in [5, 5.41) is 4.67. The Bertz CT molecular complexity index is 1090. The number of carbonyl (C=O) groups is 1. The van der Waals surface area contributed by atoms with E-state index in [1.165, 1.54) is 10.5 Å². The lowest BCUT2D eigenvalue weighted by atomic mass is 10.1. The molecule has 0 radical (unpaired) electrons. The van der Waals surface area contributed by atoms with Crippen molar-refractivity contribution in [3.63, 3.8) is 0 Å². The summed E-state index contributed by atoms with van der Waals surface area (Å²) in [5.74, 6) is 0.800. The summed E-state index contributed by atoms with van der Waals surface area (Å²) in [4.78, 5) is 20.8. The number of aryl methyl sites for hydroxylation is 1. The summed E-state index contributed by atoms with van der Waals surface area (Å²) in [7, 11) is -7.38. The van der Waals surface area contributed by atoms with E-state index in [9.17, 15) is 21.6 Å². The number of sulfonamides is 2. The van der Waals surface area contributed by atoms with Crippen LogP contribution in [0.15, 0.2) is 17.2 Å². The fourth-order valence-electron chi connectivity index (χ4n) is 5.10. The number of hydrogen-bond donors (Lipinski definition) is 1. The second kappa shape index (κ2) is 9.47. The van der Waals surface area contributed by atoms with Gasteiger partial charge in [0.25, 0.3) is 0 Å². The number of carbonyl (C=O) groups excluding carboxylic acids is 1. The van der Waals surface area contributed by atoms with E-state index in [0.29, 0.717) is 43.9 Å². The minimum atomic E-state index is -3.74. The van der Waals surface area contributed by atoms with Crippen molar-refractivity contribution in [2.45, 2.75) is 55.6 Å². The largest absolute Gasteiger partial charge is 0.355 e. The van der Waals surface area contributed by atoms with Crippen LogP contribution in [0.25, 0.3) is 0 Å². The van der Waals surface area contributed by atoms with Crippen molar-refractivity contribution < 1.29 is 21.6 Å². The number of aromatic nitrogens is 1. The molecule has 0 bridgehead atoms. The van der Waals surface area contributed by atoms with Gasteiger partial charge in [-0.2, -0.15) is 4.31 Å². The molecule has 2 saturated heterocycles. The van der Waals surface area contributed by atoms with Crippen LogP contribution in [0.4, 0.5) is 5.82 Å². The summed E-state index contributed by atoms with van der Waals surface area (Å²) < 4.78 is 51.5. The van der Waals surface area contributed by atoms with Crippen LogP contribution in [0.2, 0.25) is 0 Å². The Morgan fingerprint density at radius 1 is 1.00 bits per heavy atom. The first-order valence-corrected chi connectivity index (χ1v) is 14.6. The average molecular weight is 500 g/mol. The number of nitrogens with zero attached hydrogens (tertiary/aromatic N) is 4. The maximum Gasteiger partial charge on any atom is 0.244 e. The molecule has 3 heterocycles. The van der Waals surface area contributed by atoms with Crippen LogP contribution in [0.1, 0.15) is 44.1 Å². The lowest BCUT2D eigenvalue weighted by Crippen LogP contribution is -2.51. The van der Waals surface area contributed by atoms with Gasteiger partial charge in [-0.15, -0.1) is 0 Å². The van der Waals surface area contributed by atoms with E-state index in [4.69, 9.17) is 5.14 Å². The van der Waals surface area contributed by atoms with Gasteiger partial charge >= 0.3 is 0 Å². The molecule has 0 aromatic carbocycles. The summed E-state index contributed by atoms with van der Waals surface area (Å²) in [5.41, 5.74) is 0.558. The Morgan fingerprint density at radius 2 is 1.67 bits per heavy atom. The molecule has 0 spiro atoms. The van der Waals surface area contributed by atoms with E-state index in [-0.39, 0.29) is 36.4 Å². The van der Waals surface area contributed by atoms with Crippen LogP contribution in [-0.2, 0) is 24.8 Å². The highest BCUT2D eigenvalue weighted by atomic mass is 32.2. The molecule has 2 N–H and O–H groups in total. The minimum Gasteiger partial charge on any atom is -0.355 e. The second-order valence-electron chi connectivity index (χ2n) is 9.32. The number of rotatable bonds is 5. The van der Waals surface area contributed by atoms with Crippen LogP contribution in [0.5, 0.6) is 0 Å². The van der Waals surface area contributed by atoms with Gasteiger partial charge in [0.2, 0.25) is 26.0 Å². The van der Waals surface area contributed by atoms with Crippen molar-refractivity contribution >= 4 is 31.8 Å². The number of anilines is 1. The van der Waals surface area contributed by atoms with Crippen LogP contribution in [-0.4, -0.2) is 81.5 Å². The van der Waals surface area contributed by atoms with E-state index < -0.39 is 25.3 Å². The molecule has 1 saturated carbocycles. The van der Waals surface area contributed by atoms with Gasteiger partial charge in [-0.05, 0) is 44.2 Å². The lowest BCUT2D eigenvalue weighted by molar-refractivity contribution is -0.136. The van der Waals surface area contributed by atoms with Crippen molar-refractivity contribution in [3.05, 3.63) is 17.8 Å². The molecule has 3 fully saturated rings. The molecule has 1 aromatic rings. The zero-order valence-electron chi connectivity index (χ0n) is 19.0. The van der Waals surface area contributed by atoms with E-state index in [2.05, 4.69) is 4.98 Å². The summed E-state index contributed by atoms with van der Waals surface area (Å²) in [6.07, 6.45) is 6.59. The molecule has 1 atom stereocenters. The lowest BCUT2D eigenvalue weighted by Gasteiger charge is -2.35. The summed E-state index contributed by atoms with van der Waals surface area (Å²) in [6.45, 7) is 3.95. The topological polar surface area (TPSA) is 134 Å². The van der Waals surface area contributed by atoms with Crippen molar-refractivity contribution in [2.75, 3.05) is 44.2 Å². The quantitative estimate of drug-likeness (QED) is 0.629. The van der Waals surface area contributed by atoms with Gasteiger partial charge in [0.05, 0.1) is 5.25 Å². The van der Waals surface area contributed by atoms with E-state index in [1.807, 2.05) is 4.90 Å². The van der Waals surface area contributed by atoms with Crippen molar-refractivity contribution in [3.8, 4) is 0 Å². The monoisotopic (exact) mass is 499 g/mol. The first-order valence-electron chi connectivity index (χ1n) is 11.6. The third-order valence-electron chi connectivity index (χ3n) is 7.09. The fourth-order valence-corrected chi connectivity index (χ4v) is 7.56. The molecule has 33 heavy (non-hydrogen) atoms. The number of nitrogens with two attached hydrogens (primary N) is 1. The smallest absolute Gasteiger partial charge is 0.244 e. The molecule has 1 aromatic heterocycles. The highest BCUT2D eigenvalue weighted by molar-refractivity contribution is 7.89. The molecule has 10 nitrogen and oxygen atoms in total. The summed E-state index contributed by atoms with van der Waals surface area (Å²) >= 11 is 0. The molecule has 0 unspecified atom stereocenters. The minimum absolute atomic E-state index is 0.0933. The SMILES string of the molecule is Cc1cc(N2CCC[C@H](S(N)(=O)=O)C2)ncc1S(=O)(=O)N1CCN(C(=O)C2CCCC2)CC1. The maximum absolute atomic E-state index is 13.3. The maximum atomic E-state index is 13.3. The van der Waals surface area contributed by atoms with E-state index in [0.717, 1.165) is 25.7 Å². The van der Waals surface area contributed by atoms with Gasteiger partial charge in [-0.1, -0.05) is 12.8 Å². The molecule has 4 rings (SSSR count). The third-order valence-corrected chi connectivity index (χ3v) is 10.4. The average Bonchev–Trinajstić information content (AvgIpc) is 3.33. The molecule has 1 amide bonds. The van der Waals surface area contributed by atoms with Gasteiger partial charge < -0.3 is 9.80 Å². The van der Waals surface area contributed by atoms with Crippen LogP contribution < -0.4 is 10.0 Å². The molecule has 12 heteroatoms. The highest BCUT2D eigenvalue weighted by Gasteiger charge is 2.35. The van der Waals surface area contributed by atoms with Crippen molar-refractivity contribution in [1.29, 1.82) is 0 Å². The number of hydrogen-bond acceptors (Lipinski definition) is 7. The summed E-state index contributed by atoms with van der Waals surface area (Å²) in [6, 6.07) is 1.69. The normalized spacial score (nSPS) is 23.8. The standard InChI is InChI=1S/C21H33N5O5S2/c1-16-13-20(25-8-4-7-18(15-25)32(22,28)29)23-14-19(16)33(30,31)26-11-9-24(10-12-26)21(27)17-5-2-3-6-17/h13-14,17-18H,2-12,15H2,1H3,(H2,22,28,29)/t18-/m0/s1. The molecular weight excluding hydrogens is 466 g/mol. The second-order valence-corrected chi connectivity index (χ2v) is 13.1. The molecule has 3 aliphatic rings. The molecular formula is C21H33N5O5S2. The Kier molecular flexibility index (Phi) is 7.00.